The van der Waals surface area contributed by atoms with Gasteiger partial charge >= 0.3 is 0 Å². The van der Waals surface area contributed by atoms with E-state index in [1.165, 1.54) is 19.3 Å². The molecule has 0 aromatic heterocycles. The molecule has 1 aliphatic rings. The molecule has 0 amide bonds. The molecule has 1 aromatic carbocycles. The molecule has 1 aliphatic carbocycles. The molecule has 0 atom stereocenters. The number of benzene rings is 1. The van der Waals surface area contributed by atoms with Crippen LogP contribution in [0.5, 0.6) is 5.75 Å². The van der Waals surface area contributed by atoms with Crippen molar-refractivity contribution < 1.29 is 9.94 Å². The summed E-state index contributed by atoms with van der Waals surface area (Å²) in [5.41, 5.74) is 7.41. The lowest BCUT2D eigenvalue weighted by Gasteiger charge is -2.30. The van der Waals surface area contributed by atoms with Gasteiger partial charge < -0.3 is 20.6 Å². The number of amidine groups is 1. The Kier molecular flexibility index (Phi) is 4.84. The predicted octanol–water partition coefficient (Wildman–Crippen LogP) is 2.02. The summed E-state index contributed by atoms with van der Waals surface area (Å²) in [4.78, 5) is 2.30. The summed E-state index contributed by atoms with van der Waals surface area (Å²) < 4.78 is 5.39. The van der Waals surface area contributed by atoms with Crippen molar-refractivity contribution in [3.05, 3.63) is 29.3 Å². The van der Waals surface area contributed by atoms with Crippen LogP contribution in [-0.4, -0.2) is 36.6 Å². The summed E-state index contributed by atoms with van der Waals surface area (Å²) in [6.45, 7) is 1.91. The second-order valence-electron chi connectivity index (χ2n) is 5.51. The second kappa shape index (κ2) is 6.61. The van der Waals surface area contributed by atoms with Gasteiger partial charge in [-0.2, -0.15) is 0 Å². The topological polar surface area (TPSA) is 71.1 Å². The van der Waals surface area contributed by atoms with Gasteiger partial charge in [-0.1, -0.05) is 11.6 Å². The molecule has 2 rings (SSSR count). The molecule has 0 aliphatic heterocycles. The van der Waals surface area contributed by atoms with E-state index in [-0.39, 0.29) is 5.84 Å². The first kappa shape index (κ1) is 14.7. The third-order valence-electron chi connectivity index (χ3n) is 3.92. The minimum absolute atomic E-state index is 0.121. The summed E-state index contributed by atoms with van der Waals surface area (Å²) in [5, 5.41) is 11.8. The van der Waals surface area contributed by atoms with Gasteiger partial charge in [0.15, 0.2) is 5.84 Å². The van der Waals surface area contributed by atoms with E-state index in [0.29, 0.717) is 5.56 Å². The van der Waals surface area contributed by atoms with Crippen LogP contribution in [0.4, 0.5) is 0 Å². The molecule has 5 nitrogen and oxygen atoms in total. The Morgan fingerprint density at radius 1 is 1.50 bits per heavy atom. The van der Waals surface area contributed by atoms with Crippen LogP contribution in [0.25, 0.3) is 0 Å². The van der Waals surface area contributed by atoms with Crippen LogP contribution >= 0.6 is 0 Å². The molecule has 0 bridgehead atoms. The monoisotopic (exact) mass is 277 g/mol. The van der Waals surface area contributed by atoms with Gasteiger partial charge in [0.25, 0.3) is 0 Å². The molecular formula is C15H23N3O2. The number of methoxy groups -OCH3 is 1. The van der Waals surface area contributed by atoms with Crippen LogP contribution in [0.3, 0.4) is 0 Å². The normalized spacial score (nSPS) is 16.2. The number of oxime groups is 1. The molecule has 0 radical (unpaired) electrons. The molecule has 1 aromatic rings. The van der Waals surface area contributed by atoms with Crippen molar-refractivity contribution in [3.63, 3.8) is 0 Å². The van der Waals surface area contributed by atoms with Gasteiger partial charge in [-0.15, -0.1) is 0 Å². The quantitative estimate of drug-likeness (QED) is 0.361. The smallest absolute Gasteiger partial charge is 0.170 e. The van der Waals surface area contributed by atoms with Gasteiger partial charge in [-0.25, -0.2) is 0 Å². The highest BCUT2D eigenvalue weighted by Crippen LogP contribution is 2.28. The minimum Gasteiger partial charge on any atom is -0.496 e. The molecule has 0 unspecified atom stereocenters. The number of rotatable bonds is 6. The molecular weight excluding hydrogens is 254 g/mol. The highest BCUT2D eigenvalue weighted by molar-refractivity contribution is 5.97. The third-order valence-corrected chi connectivity index (χ3v) is 3.92. The van der Waals surface area contributed by atoms with Crippen molar-refractivity contribution in [2.24, 2.45) is 16.8 Å². The molecule has 20 heavy (non-hydrogen) atoms. The largest absolute Gasteiger partial charge is 0.496 e. The SMILES string of the molecule is COc1ccc(/C(N)=N/O)cc1CN(C)CC1CCC1. The van der Waals surface area contributed by atoms with Crippen molar-refractivity contribution in [1.29, 1.82) is 0 Å². The van der Waals surface area contributed by atoms with Crippen molar-refractivity contribution in [1.82, 2.24) is 4.90 Å². The van der Waals surface area contributed by atoms with Crippen LogP contribution in [0.15, 0.2) is 23.4 Å². The van der Waals surface area contributed by atoms with Crippen molar-refractivity contribution in [2.75, 3.05) is 20.7 Å². The Morgan fingerprint density at radius 2 is 2.25 bits per heavy atom. The van der Waals surface area contributed by atoms with Crippen LogP contribution in [0.1, 0.15) is 30.4 Å². The Labute approximate surface area is 120 Å². The predicted molar refractivity (Wildman–Crippen MR) is 79.2 cm³/mol. The molecule has 0 saturated heterocycles. The Hall–Kier alpha value is -1.75. The molecule has 5 heteroatoms. The zero-order valence-electron chi connectivity index (χ0n) is 12.2. The van der Waals surface area contributed by atoms with Gasteiger partial charge in [-0.05, 0) is 44.0 Å². The maximum Gasteiger partial charge on any atom is 0.170 e. The third kappa shape index (κ3) is 3.42. The molecule has 0 spiro atoms. The fraction of sp³-hybridized carbons (Fsp3) is 0.533. The molecule has 0 heterocycles. The lowest BCUT2D eigenvalue weighted by Crippen LogP contribution is -2.29. The van der Waals surface area contributed by atoms with E-state index < -0.39 is 0 Å². The molecule has 1 saturated carbocycles. The molecule has 110 valence electrons. The minimum atomic E-state index is 0.121. The molecule has 3 N–H and O–H groups in total. The number of nitrogens with zero attached hydrogens (tertiary/aromatic N) is 2. The zero-order valence-corrected chi connectivity index (χ0v) is 12.2. The summed E-state index contributed by atoms with van der Waals surface area (Å²) in [7, 11) is 3.78. The summed E-state index contributed by atoms with van der Waals surface area (Å²) in [6, 6.07) is 5.58. The highest BCUT2D eigenvalue weighted by Gasteiger charge is 2.19. The summed E-state index contributed by atoms with van der Waals surface area (Å²) in [5.74, 6) is 1.79. The average molecular weight is 277 g/mol. The fourth-order valence-electron chi connectivity index (χ4n) is 2.59. The first-order valence-electron chi connectivity index (χ1n) is 6.97. The number of nitrogens with two attached hydrogens (primary N) is 1. The second-order valence-corrected chi connectivity index (χ2v) is 5.51. The maximum absolute atomic E-state index is 8.77. The first-order chi connectivity index (χ1) is 9.63. The van der Waals surface area contributed by atoms with Crippen LogP contribution in [0.2, 0.25) is 0 Å². The van der Waals surface area contributed by atoms with E-state index in [2.05, 4.69) is 17.1 Å². The number of hydrogen-bond donors (Lipinski definition) is 2. The van der Waals surface area contributed by atoms with Crippen molar-refractivity contribution in [3.8, 4) is 5.75 Å². The Bertz CT molecular complexity index is 484. The van der Waals surface area contributed by atoms with E-state index in [4.69, 9.17) is 15.7 Å². The maximum atomic E-state index is 8.77. The van der Waals surface area contributed by atoms with E-state index in [9.17, 15) is 0 Å². The number of hydrogen-bond acceptors (Lipinski definition) is 4. The van der Waals surface area contributed by atoms with E-state index in [1.54, 1.807) is 13.2 Å². The van der Waals surface area contributed by atoms with Gasteiger partial charge in [0.05, 0.1) is 7.11 Å². The molecule has 1 fully saturated rings. The van der Waals surface area contributed by atoms with Crippen LogP contribution in [-0.2, 0) is 6.54 Å². The number of ether oxygens (including phenoxy) is 1. The van der Waals surface area contributed by atoms with Crippen molar-refractivity contribution >= 4 is 5.84 Å². The van der Waals surface area contributed by atoms with E-state index in [0.717, 1.165) is 30.3 Å². The zero-order chi connectivity index (χ0) is 14.5. The lowest BCUT2D eigenvalue weighted by atomic mass is 9.85. The lowest BCUT2D eigenvalue weighted by molar-refractivity contribution is 0.199. The van der Waals surface area contributed by atoms with Crippen LogP contribution in [0, 0.1) is 5.92 Å². The van der Waals surface area contributed by atoms with E-state index >= 15 is 0 Å². The van der Waals surface area contributed by atoms with Crippen molar-refractivity contribution in [2.45, 2.75) is 25.8 Å². The van der Waals surface area contributed by atoms with Gasteiger partial charge in [0.2, 0.25) is 0 Å². The Balaban J connectivity index is 2.10. The Morgan fingerprint density at radius 3 is 2.80 bits per heavy atom. The van der Waals surface area contributed by atoms with Gasteiger partial charge in [-0.3, -0.25) is 0 Å². The fourth-order valence-corrected chi connectivity index (χ4v) is 2.59. The van der Waals surface area contributed by atoms with Crippen LogP contribution < -0.4 is 10.5 Å². The summed E-state index contributed by atoms with van der Waals surface area (Å²) in [6.07, 6.45) is 4.04. The van der Waals surface area contributed by atoms with Gasteiger partial charge in [0, 0.05) is 24.2 Å². The first-order valence-corrected chi connectivity index (χ1v) is 6.97. The summed E-state index contributed by atoms with van der Waals surface area (Å²) >= 11 is 0. The standard InChI is InChI=1S/C15H23N3O2/c1-18(9-11-4-3-5-11)10-13-8-12(15(16)17-19)6-7-14(13)20-2/h6-8,11,19H,3-5,9-10H2,1-2H3,(H2,16,17). The van der Waals surface area contributed by atoms with E-state index in [1.807, 2.05) is 12.1 Å². The highest BCUT2D eigenvalue weighted by atomic mass is 16.5. The average Bonchev–Trinajstić information content (AvgIpc) is 2.42. The van der Waals surface area contributed by atoms with Gasteiger partial charge in [0.1, 0.15) is 5.75 Å².